The van der Waals surface area contributed by atoms with Crippen LogP contribution in [0, 0.1) is 6.92 Å². The van der Waals surface area contributed by atoms with Crippen molar-refractivity contribution in [3.8, 4) is 21.8 Å². The Balaban J connectivity index is 1.97. The summed E-state index contributed by atoms with van der Waals surface area (Å²) >= 11 is 5.13. The van der Waals surface area contributed by atoms with Gasteiger partial charge in [-0.15, -0.1) is 11.3 Å². The first kappa shape index (κ1) is 12.6. The van der Waals surface area contributed by atoms with Gasteiger partial charge in [-0.1, -0.05) is 51.8 Å². The number of aromatic nitrogens is 1. The summed E-state index contributed by atoms with van der Waals surface area (Å²) in [4.78, 5) is 4.72. The molecule has 0 N–H and O–H groups in total. The molecule has 0 unspecified atom stereocenters. The summed E-state index contributed by atoms with van der Waals surface area (Å²) in [6.07, 6.45) is 0. The molecule has 0 aliphatic heterocycles. The lowest BCUT2D eigenvalue weighted by atomic mass is 10.1. The normalized spacial score (nSPS) is 10.6. The van der Waals surface area contributed by atoms with Gasteiger partial charge in [0.15, 0.2) is 0 Å². The Morgan fingerprint density at radius 3 is 2.53 bits per heavy atom. The molecule has 3 heteroatoms. The fraction of sp³-hybridized carbons (Fsp3) is 0.0625. The molecule has 0 atom stereocenters. The topological polar surface area (TPSA) is 12.9 Å². The maximum atomic E-state index is 4.72. The third-order valence-electron chi connectivity index (χ3n) is 2.91. The molecule has 0 radical (unpaired) electrons. The molecule has 2 aromatic carbocycles. The first-order valence-corrected chi connectivity index (χ1v) is 7.68. The van der Waals surface area contributed by atoms with Crippen LogP contribution in [0.5, 0.6) is 0 Å². The van der Waals surface area contributed by atoms with Crippen molar-refractivity contribution in [2.24, 2.45) is 0 Å². The minimum atomic E-state index is 1.05. The fourth-order valence-electron chi connectivity index (χ4n) is 1.94. The van der Waals surface area contributed by atoms with Gasteiger partial charge in [0.25, 0.3) is 0 Å². The van der Waals surface area contributed by atoms with Gasteiger partial charge in [-0.2, -0.15) is 0 Å². The van der Waals surface area contributed by atoms with Crippen LogP contribution in [0.3, 0.4) is 0 Å². The van der Waals surface area contributed by atoms with Gasteiger partial charge in [-0.25, -0.2) is 4.98 Å². The van der Waals surface area contributed by atoms with Crippen LogP contribution >= 0.6 is 27.3 Å². The standard InChI is InChI=1S/C16H12BrNS/c1-11-3-2-4-13(9-11)15-10-19-16(18-15)12-5-7-14(17)8-6-12/h2-10H,1H3. The highest BCUT2D eigenvalue weighted by Crippen LogP contribution is 2.29. The van der Waals surface area contributed by atoms with Crippen LogP contribution in [0.15, 0.2) is 58.4 Å². The minimum Gasteiger partial charge on any atom is -0.236 e. The molecule has 0 spiro atoms. The highest BCUT2D eigenvalue weighted by Gasteiger charge is 2.06. The van der Waals surface area contributed by atoms with Gasteiger partial charge in [-0.05, 0) is 25.1 Å². The van der Waals surface area contributed by atoms with E-state index in [1.54, 1.807) is 11.3 Å². The van der Waals surface area contributed by atoms with Crippen molar-refractivity contribution in [2.75, 3.05) is 0 Å². The van der Waals surface area contributed by atoms with Crippen LogP contribution < -0.4 is 0 Å². The van der Waals surface area contributed by atoms with Gasteiger partial charge in [0.2, 0.25) is 0 Å². The number of hydrogen-bond acceptors (Lipinski definition) is 2. The fourth-order valence-corrected chi connectivity index (χ4v) is 3.04. The second kappa shape index (κ2) is 5.27. The highest BCUT2D eigenvalue weighted by molar-refractivity contribution is 9.10. The van der Waals surface area contributed by atoms with Gasteiger partial charge in [-0.3, -0.25) is 0 Å². The molecule has 3 aromatic rings. The third-order valence-corrected chi connectivity index (χ3v) is 4.33. The Bertz CT molecular complexity index is 701. The number of benzene rings is 2. The average molecular weight is 330 g/mol. The molecule has 0 amide bonds. The second-order valence-electron chi connectivity index (χ2n) is 4.41. The minimum absolute atomic E-state index is 1.05. The summed E-state index contributed by atoms with van der Waals surface area (Å²) in [6.45, 7) is 2.10. The zero-order chi connectivity index (χ0) is 13.2. The molecule has 0 fully saturated rings. The largest absolute Gasteiger partial charge is 0.236 e. The van der Waals surface area contributed by atoms with Gasteiger partial charge in [0.1, 0.15) is 5.01 Å². The Hall–Kier alpha value is -1.45. The third kappa shape index (κ3) is 2.77. The molecule has 1 heterocycles. The summed E-state index contributed by atoms with van der Waals surface area (Å²) in [7, 11) is 0. The van der Waals surface area contributed by atoms with Crippen molar-refractivity contribution >= 4 is 27.3 Å². The lowest BCUT2D eigenvalue weighted by Crippen LogP contribution is -1.80. The summed E-state index contributed by atoms with van der Waals surface area (Å²) in [5, 5.41) is 3.18. The molecule has 3 rings (SSSR count). The highest BCUT2D eigenvalue weighted by atomic mass is 79.9. The number of nitrogens with zero attached hydrogens (tertiary/aromatic N) is 1. The molecule has 0 aliphatic rings. The molecule has 0 saturated carbocycles. The lowest BCUT2D eigenvalue weighted by Gasteiger charge is -1.98. The second-order valence-corrected chi connectivity index (χ2v) is 6.19. The number of hydrogen-bond donors (Lipinski definition) is 0. The molecule has 0 bridgehead atoms. The summed E-state index contributed by atoms with van der Waals surface area (Å²) in [5.41, 5.74) is 4.65. The molecule has 1 nitrogen and oxygen atoms in total. The van der Waals surface area contributed by atoms with E-state index in [4.69, 9.17) is 4.98 Å². The van der Waals surface area contributed by atoms with E-state index >= 15 is 0 Å². The van der Waals surface area contributed by atoms with E-state index in [0.717, 1.165) is 20.7 Å². The maximum Gasteiger partial charge on any atom is 0.124 e. The Labute approximate surface area is 125 Å². The van der Waals surface area contributed by atoms with Gasteiger partial charge >= 0.3 is 0 Å². The zero-order valence-electron chi connectivity index (χ0n) is 10.4. The Morgan fingerprint density at radius 2 is 1.79 bits per heavy atom. The molecular formula is C16H12BrNS. The Kier molecular flexibility index (Phi) is 3.49. The van der Waals surface area contributed by atoms with Crippen molar-refractivity contribution in [3.63, 3.8) is 0 Å². The molecular weight excluding hydrogens is 318 g/mol. The predicted octanol–water partition coefficient (Wildman–Crippen LogP) is 5.55. The first-order chi connectivity index (χ1) is 9.22. The first-order valence-electron chi connectivity index (χ1n) is 6.01. The molecule has 0 aliphatic carbocycles. The van der Waals surface area contributed by atoms with E-state index in [1.807, 2.05) is 12.1 Å². The van der Waals surface area contributed by atoms with Crippen LogP contribution in [0.2, 0.25) is 0 Å². The smallest absolute Gasteiger partial charge is 0.124 e. The number of thiazole rings is 1. The van der Waals surface area contributed by atoms with Crippen molar-refractivity contribution in [1.29, 1.82) is 0 Å². The van der Waals surface area contributed by atoms with E-state index in [1.165, 1.54) is 11.1 Å². The van der Waals surface area contributed by atoms with Crippen molar-refractivity contribution in [2.45, 2.75) is 6.92 Å². The van der Waals surface area contributed by atoms with Crippen LogP contribution in [0.25, 0.3) is 21.8 Å². The van der Waals surface area contributed by atoms with E-state index in [0.29, 0.717) is 0 Å². The molecule has 0 saturated heterocycles. The van der Waals surface area contributed by atoms with Crippen LogP contribution in [0.4, 0.5) is 0 Å². The van der Waals surface area contributed by atoms with E-state index in [-0.39, 0.29) is 0 Å². The van der Waals surface area contributed by atoms with Crippen LogP contribution in [-0.2, 0) is 0 Å². The van der Waals surface area contributed by atoms with Crippen molar-refractivity contribution in [1.82, 2.24) is 4.98 Å². The Morgan fingerprint density at radius 1 is 1.00 bits per heavy atom. The monoisotopic (exact) mass is 329 g/mol. The zero-order valence-corrected chi connectivity index (χ0v) is 12.8. The van der Waals surface area contributed by atoms with Gasteiger partial charge < -0.3 is 0 Å². The SMILES string of the molecule is Cc1cccc(-c2csc(-c3ccc(Br)cc3)n2)c1. The molecule has 94 valence electrons. The lowest BCUT2D eigenvalue weighted by molar-refractivity contribution is 1.38. The molecule has 1 aromatic heterocycles. The quantitative estimate of drug-likeness (QED) is 0.600. The average Bonchev–Trinajstić information content (AvgIpc) is 2.89. The van der Waals surface area contributed by atoms with Gasteiger partial charge in [0, 0.05) is 21.0 Å². The summed E-state index contributed by atoms with van der Waals surface area (Å²) in [6, 6.07) is 16.7. The summed E-state index contributed by atoms with van der Waals surface area (Å²) < 4.78 is 1.09. The summed E-state index contributed by atoms with van der Waals surface area (Å²) in [5.74, 6) is 0. The number of halogens is 1. The van der Waals surface area contributed by atoms with E-state index < -0.39 is 0 Å². The maximum absolute atomic E-state index is 4.72. The number of aryl methyl sites for hydroxylation is 1. The van der Waals surface area contributed by atoms with Crippen LogP contribution in [-0.4, -0.2) is 4.98 Å². The van der Waals surface area contributed by atoms with Crippen molar-refractivity contribution < 1.29 is 0 Å². The van der Waals surface area contributed by atoms with E-state index in [2.05, 4.69) is 64.6 Å². The van der Waals surface area contributed by atoms with E-state index in [9.17, 15) is 0 Å². The molecule has 19 heavy (non-hydrogen) atoms. The van der Waals surface area contributed by atoms with Crippen LogP contribution in [0.1, 0.15) is 5.56 Å². The number of rotatable bonds is 2. The van der Waals surface area contributed by atoms with Crippen molar-refractivity contribution in [3.05, 3.63) is 63.9 Å². The predicted molar refractivity (Wildman–Crippen MR) is 85.4 cm³/mol. The van der Waals surface area contributed by atoms with Gasteiger partial charge in [0.05, 0.1) is 5.69 Å².